The molecular weight excluding hydrogens is 228 g/mol. The molecule has 88 valence electrons. The van der Waals surface area contributed by atoms with Gasteiger partial charge in [0.2, 0.25) is 0 Å². The van der Waals surface area contributed by atoms with Gasteiger partial charge in [0.25, 0.3) is 0 Å². The number of hydrogen-bond acceptors (Lipinski definition) is 3. The Balaban J connectivity index is 3.13. The van der Waals surface area contributed by atoms with Gasteiger partial charge in [-0.2, -0.15) is 0 Å². The van der Waals surface area contributed by atoms with Crippen LogP contribution in [-0.2, 0) is 0 Å². The molecule has 0 unspecified atom stereocenters. The summed E-state index contributed by atoms with van der Waals surface area (Å²) in [5.74, 6) is 1.20. The van der Waals surface area contributed by atoms with E-state index in [-0.39, 0.29) is 0 Å². The summed E-state index contributed by atoms with van der Waals surface area (Å²) in [6.45, 7) is 0. The summed E-state index contributed by atoms with van der Waals surface area (Å²) >= 11 is 6.01. The molecule has 0 saturated heterocycles. The molecule has 0 saturated carbocycles. The van der Waals surface area contributed by atoms with Gasteiger partial charge < -0.3 is 14.4 Å². The Bertz CT molecular complexity index is 392. The maximum atomic E-state index is 6.01. The third-order valence-corrected chi connectivity index (χ3v) is 2.18. The molecule has 0 bridgehead atoms. The molecule has 0 N–H and O–H groups in total. The third kappa shape index (κ3) is 3.03. The fourth-order valence-corrected chi connectivity index (χ4v) is 1.36. The lowest BCUT2D eigenvalue weighted by atomic mass is 10.3. The quantitative estimate of drug-likeness (QED) is 0.601. The predicted molar refractivity (Wildman–Crippen MR) is 66.4 cm³/mol. The van der Waals surface area contributed by atoms with E-state index in [0.717, 1.165) is 0 Å². The van der Waals surface area contributed by atoms with Gasteiger partial charge in [-0.1, -0.05) is 11.6 Å². The lowest BCUT2D eigenvalue weighted by Gasteiger charge is -2.09. The molecule has 0 aromatic heterocycles. The van der Waals surface area contributed by atoms with Crippen molar-refractivity contribution in [1.29, 1.82) is 0 Å². The molecule has 0 heterocycles. The van der Waals surface area contributed by atoms with E-state index in [1.165, 1.54) is 0 Å². The van der Waals surface area contributed by atoms with Crippen LogP contribution in [0, 0.1) is 0 Å². The number of rotatable bonds is 4. The monoisotopic (exact) mass is 242 g/mol. The number of hydrogen-bond donors (Lipinski definition) is 0. The Hall–Kier alpha value is -1.42. The second-order valence-electron chi connectivity index (χ2n) is 3.37. The Morgan fingerprint density at radius 2 is 1.81 bits per heavy atom. The van der Waals surface area contributed by atoms with E-state index in [1.807, 2.05) is 19.0 Å². The first kappa shape index (κ1) is 12.6. The summed E-state index contributed by atoms with van der Waals surface area (Å²) in [4.78, 5) is 6.08. The number of ether oxygens (including phenoxy) is 2. The number of aliphatic imine (C=N–C) groups is 1. The van der Waals surface area contributed by atoms with E-state index >= 15 is 0 Å². The summed E-state index contributed by atoms with van der Waals surface area (Å²) in [7, 11) is 6.92. The van der Waals surface area contributed by atoms with Crippen molar-refractivity contribution in [2.24, 2.45) is 4.99 Å². The summed E-state index contributed by atoms with van der Waals surface area (Å²) in [6, 6.07) is 3.42. The van der Waals surface area contributed by atoms with Gasteiger partial charge in [0.15, 0.2) is 0 Å². The molecular formula is C11H15ClN2O2. The molecule has 0 aliphatic carbocycles. The molecule has 0 radical (unpaired) electrons. The minimum absolute atomic E-state index is 0.509. The van der Waals surface area contributed by atoms with Crippen LogP contribution in [0.5, 0.6) is 11.5 Å². The Kier molecular flexibility index (Phi) is 4.43. The van der Waals surface area contributed by atoms with Gasteiger partial charge in [-0.05, 0) is 6.07 Å². The first-order valence-corrected chi connectivity index (χ1v) is 5.08. The van der Waals surface area contributed by atoms with E-state index < -0.39 is 0 Å². The average molecular weight is 243 g/mol. The van der Waals surface area contributed by atoms with Crippen molar-refractivity contribution in [1.82, 2.24) is 4.90 Å². The van der Waals surface area contributed by atoms with Crippen molar-refractivity contribution in [2.75, 3.05) is 28.3 Å². The van der Waals surface area contributed by atoms with Gasteiger partial charge in [0, 0.05) is 20.2 Å². The van der Waals surface area contributed by atoms with Gasteiger partial charge in [0.05, 0.1) is 25.6 Å². The fraction of sp³-hybridized carbons (Fsp3) is 0.364. The van der Waals surface area contributed by atoms with Crippen LogP contribution in [0.2, 0.25) is 5.02 Å². The van der Waals surface area contributed by atoms with Crippen LogP contribution in [0.1, 0.15) is 0 Å². The van der Waals surface area contributed by atoms with Crippen LogP contribution in [0.15, 0.2) is 17.1 Å². The van der Waals surface area contributed by atoms with Gasteiger partial charge in [0.1, 0.15) is 17.2 Å². The van der Waals surface area contributed by atoms with E-state index in [9.17, 15) is 0 Å². The molecule has 1 aromatic rings. The van der Waals surface area contributed by atoms with Crippen LogP contribution < -0.4 is 9.47 Å². The van der Waals surface area contributed by atoms with Crippen molar-refractivity contribution in [2.45, 2.75) is 0 Å². The van der Waals surface area contributed by atoms with Crippen molar-refractivity contribution in [3.63, 3.8) is 0 Å². The molecule has 1 rings (SSSR count). The highest BCUT2D eigenvalue weighted by atomic mass is 35.5. The second kappa shape index (κ2) is 5.61. The normalized spacial score (nSPS) is 10.6. The van der Waals surface area contributed by atoms with Gasteiger partial charge in [-0.15, -0.1) is 0 Å². The second-order valence-corrected chi connectivity index (χ2v) is 3.77. The van der Waals surface area contributed by atoms with Crippen molar-refractivity contribution < 1.29 is 9.47 Å². The van der Waals surface area contributed by atoms with Gasteiger partial charge >= 0.3 is 0 Å². The number of nitrogens with zero attached hydrogens (tertiary/aromatic N) is 2. The zero-order valence-electron chi connectivity index (χ0n) is 9.82. The van der Waals surface area contributed by atoms with Crippen LogP contribution in [0.25, 0.3) is 0 Å². The largest absolute Gasteiger partial charge is 0.495 e. The number of methoxy groups -OCH3 is 2. The lowest BCUT2D eigenvalue weighted by Crippen LogP contribution is -2.07. The number of benzene rings is 1. The Morgan fingerprint density at radius 1 is 1.19 bits per heavy atom. The smallest absolute Gasteiger partial charge is 0.148 e. The molecule has 4 nitrogen and oxygen atoms in total. The van der Waals surface area contributed by atoms with Crippen LogP contribution in [0.3, 0.4) is 0 Å². The van der Waals surface area contributed by atoms with E-state index in [2.05, 4.69) is 4.99 Å². The van der Waals surface area contributed by atoms with Crippen LogP contribution in [0.4, 0.5) is 5.69 Å². The average Bonchev–Trinajstić information content (AvgIpc) is 2.26. The first-order chi connectivity index (χ1) is 7.58. The third-order valence-electron chi connectivity index (χ3n) is 1.88. The van der Waals surface area contributed by atoms with Crippen LogP contribution >= 0.6 is 11.6 Å². The fourth-order valence-electron chi connectivity index (χ4n) is 1.12. The standard InChI is InChI=1S/C11H15ClN2O2/c1-14(2)7-13-9-5-8(12)10(15-3)6-11(9)16-4/h5-7H,1-4H3. The highest BCUT2D eigenvalue weighted by Crippen LogP contribution is 2.37. The molecule has 0 amide bonds. The molecule has 5 heteroatoms. The Labute approximate surface area is 100 Å². The maximum absolute atomic E-state index is 6.01. The van der Waals surface area contributed by atoms with E-state index in [4.69, 9.17) is 21.1 Å². The van der Waals surface area contributed by atoms with Crippen molar-refractivity contribution in [3.8, 4) is 11.5 Å². The van der Waals surface area contributed by atoms with Gasteiger partial charge in [-0.25, -0.2) is 4.99 Å². The molecule has 1 aromatic carbocycles. The highest BCUT2D eigenvalue weighted by molar-refractivity contribution is 6.32. The highest BCUT2D eigenvalue weighted by Gasteiger charge is 2.08. The number of halogens is 1. The zero-order chi connectivity index (χ0) is 12.1. The maximum Gasteiger partial charge on any atom is 0.148 e. The van der Waals surface area contributed by atoms with Crippen molar-refractivity contribution in [3.05, 3.63) is 17.2 Å². The summed E-state index contributed by atoms with van der Waals surface area (Å²) in [6.07, 6.45) is 1.68. The topological polar surface area (TPSA) is 34.1 Å². The van der Waals surface area contributed by atoms with E-state index in [0.29, 0.717) is 22.2 Å². The molecule has 0 atom stereocenters. The van der Waals surface area contributed by atoms with Gasteiger partial charge in [-0.3, -0.25) is 0 Å². The van der Waals surface area contributed by atoms with E-state index in [1.54, 1.807) is 32.7 Å². The zero-order valence-corrected chi connectivity index (χ0v) is 10.6. The predicted octanol–water partition coefficient (Wildman–Crippen LogP) is 2.58. The molecule has 0 fully saturated rings. The minimum atomic E-state index is 0.509. The minimum Gasteiger partial charge on any atom is -0.495 e. The molecule has 16 heavy (non-hydrogen) atoms. The summed E-state index contributed by atoms with van der Waals surface area (Å²) < 4.78 is 10.3. The molecule has 0 spiro atoms. The SMILES string of the molecule is COc1cc(OC)c(N=CN(C)C)cc1Cl. The Morgan fingerprint density at radius 3 is 2.31 bits per heavy atom. The van der Waals surface area contributed by atoms with Crippen molar-refractivity contribution >= 4 is 23.6 Å². The molecule has 0 aliphatic heterocycles. The summed E-state index contributed by atoms with van der Waals surface area (Å²) in [5, 5.41) is 0.509. The molecule has 0 aliphatic rings. The van der Waals surface area contributed by atoms with Crippen LogP contribution in [-0.4, -0.2) is 39.6 Å². The lowest BCUT2D eigenvalue weighted by molar-refractivity contribution is 0.395. The summed E-state index contributed by atoms with van der Waals surface area (Å²) in [5.41, 5.74) is 0.669. The first-order valence-electron chi connectivity index (χ1n) is 4.70.